The average molecular weight is 289 g/mol. The quantitative estimate of drug-likeness (QED) is 0.877. The molecule has 2 N–H and O–H groups in total. The summed E-state index contributed by atoms with van der Waals surface area (Å²) in [6.45, 7) is 0.136. The van der Waals surface area contributed by atoms with Crippen LogP contribution in [0.3, 0.4) is 0 Å². The van der Waals surface area contributed by atoms with Crippen molar-refractivity contribution < 1.29 is 17.6 Å². The van der Waals surface area contributed by atoms with Crippen LogP contribution in [0.4, 0.5) is 13.2 Å². The Morgan fingerprint density at radius 3 is 2.68 bits per heavy atom. The standard InChI is InChI=1S/C11H10F3N3OS/c12-11(13,14)8-3-1-2-7(4-8)6-19-10-17-16-9(5-15)18-10/h1-4H,5-6,15H2. The van der Waals surface area contributed by atoms with Gasteiger partial charge in [0.25, 0.3) is 5.22 Å². The van der Waals surface area contributed by atoms with Crippen molar-refractivity contribution in [3.63, 3.8) is 0 Å². The molecule has 4 nitrogen and oxygen atoms in total. The zero-order chi connectivity index (χ0) is 13.9. The summed E-state index contributed by atoms with van der Waals surface area (Å²) in [5.74, 6) is 0.613. The van der Waals surface area contributed by atoms with Gasteiger partial charge in [0.1, 0.15) is 0 Å². The number of hydrogen-bond donors (Lipinski definition) is 1. The highest BCUT2D eigenvalue weighted by Gasteiger charge is 2.30. The van der Waals surface area contributed by atoms with Crippen LogP contribution in [-0.2, 0) is 18.5 Å². The van der Waals surface area contributed by atoms with Gasteiger partial charge in [0.2, 0.25) is 5.89 Å². The predicted octanol–water partition coefficient (Wildman–Crippen LogP) is 2.84. The lowest BCUT2D eigenvalue weighted by atomic mass is 10.1. The minimum absolute atomic E-state index is 0.136. The Morgan fingerprint density at radius 1 is 1.26 bits per heavy atom. The summed E-state index contributed by atoms with van der Waals surface area (Å²) in [6, 6.07) is 5.13. The topological polar surface area (TPSA) is 64.9 Å². The molecule has 0 aliphatic rings. The summed E-state index contributed by atoms with van der Waals surface area (Å²) in [7, 11) is 0. The second kappa shape index (κ2) is 5.62. The van der Waals surface area contributed by atoms with Crippen molar-refractivity contribution in [3.05, 3.63) is 41.3 Å². The van der Waals surface area contributed by atoms with Gasteiger partial charge in [-0.05, 0) is 11.6 Å². The number of thioether (sulfide) groups is 1. The van der Waals surface area contributed by atoms with Crippen LogP contribution in [0.5, 0.6) is 0 Å². The van der Waals surface area contributed by atoms with Gasteiger partial charge < -0.3 is 10.2 Å². The molecule has 0 fully saturated rings. The molecule has 0 saturated carbocycles. The summed E-state index contributed by atoms with van der Waals surface area (Å²) in [4.78, 5) is 0. The Kier molecular flexibility index (Phi) is 4.11. The number of nitrogens with zero attached hydrogens (tertiary/aromatic N) is 2. The number of nitrogens with two attached hydrogens (primary N) is 1. The third-order valence-corrected chi connectivity index (χ3v) is 3.13. The van der Waals surface area contributed by atoms with Gasteiger partial charge in [0.05, 0.1) is 12.1 Å². The van der Waals surface area contributed by atoms with Crippen LogP contribution in [0.15, 0.2) is 33.9 Å². The van der Waals surface area contributed by atoms with E-state index in [1.165, 1.54) is 17.8 Å². The normalized spacial score (nSPS) is 11.8. The van der Waals surface area contributed by atoms with Crippen LogP contribution in [0, 0.1) is 0 Å². The fourth-order valence-corrected chi connectivity index (χ4v) is 2.08. The lowest BCUT2D eigenvalue weighted by Crippen LogP contribution is -2.04. The number of aromatic nitrogens is 2. The molecule has 0 aliphatic heterocycles. The van der Waals surface area contributed by atoms with Crippen LogP contribution in [0.2, 0.25) is 0 Å². The fraction of sp³-hybridized carbons (Fsp3) is 0.273. The van der Waals surface area contributed by atoms with Gasteiger partial charge in [-0.2, -0.15) is 13.2 Å². The molecule has 0 aliphatic carbocycles. The fourth-order valence-electron chi connectivity index (χ4n) is 1.36. The van der Waals surface area contributed by atoms with Gasteiger partial charge in [-0.1, -0.05) is 30.0 Å². The lowest BCUT2D eigenvalue weighted by Gasteiger charge is -2.07. The molecule has 2 rings (SSSR count). The Hall–Kier alpha value is -1.54. The second-order valence-corrected chi connectivity index (χ2v) is 4.58. The van der Waals surface area contributed by atoms with Crippen molar-refractivity contribution in [2.45, 2.75) is 23.7 Å². The van der Waals surface area contributed by atoms with Crippen LogP contribution in [0.1, 0.15) is 17.0 Å². The molecule has 0 saturated heterocycles. The van der Waals surface area contributed by atoms with E-state index in [0.29, 0.717) is 17.2 Å². The highest BCUT2D eigenvalue weighted by atomic mass is 32.2. The van der Waals surface area contributed by atoms with Crippen molar-refractivity contribution >= 4 is 11.8 Å². The van der Waals surface area contributed by atoms with E-state index in [9.17, 15) is 13.2 Å². The highest BCUT2D eigenvalue weighted by Crippen LogP contribution is 2.31. The highest BCUT2D eigenvalue weighted by molar-refractivity contribution is 7.98. The molecule has 0 unspecified atom stereocenters. The van der Waals surface area contributed by atoms with E-state index in [1.807, 2.05) is 0 Å². The van der Waals surface area contributed by atoms with Gasteiger partial charge in [-0.15, -0.1) is 10.2 Å². The van der Waals surface area contributed by atoms with Gasteiger partial charge in [0.15, 0.2) is 0 Å². The zero-order valence-electron chi connectivity index (χ0n) is 9.65. The molecular weight excluding hydrogens is 279 g/mol. The van der Waals surface area contributed by atoms with Gasteiger partial charge in [0, 0.05) is 5.75 Å². The van der Waals surface area contributed by atoms with Gasteiger partial charge >= 0.3 is 6.18 Å². The molecule has 2 aromatic rings. The molecule has 1 heterocycles. The molecule has 1 aromatic carbocycles. The minimum atomic E-state index is -4.34. The largest absolute Gasteiger partial charge is 0.416 e. The van der Waals surface area contributed by atoms with E-state index in [4.69, 9.17) is 10.2 Å². The number of hydrogen-bond acceptors (Lipinski definition) is 5. The third-order valence-electron chi connectivity index (χ3n) is 2.24. The van der Waals surface area contributed by atoms with E-state index in [0.717, 1.165) is 12.1 Å². The summed E-state index contributed by atoms with van der Waals surface area (Å²) >= 11 is 1.17. The Labute approximate surface area is 111 Å². The van der Waals surface area contributed by atoms with Gasteiger partial charge in [-0.3, -0.25) is 0 Å². The molecule has 1 aromatic heterocycles. The molecule has 0 atom stereocenters. The van der Waals surface area contributed by atoms with Gasteiger partial charge in [-0.25, -0.2) is 0 Å². The number of halogens is 3. The first-order valence-electron chi connectivity index (χ1n) is 5.30. The number of alkyl halides is 3. The van der Waals surface area contributed by atoms with Crippen LogP contribution < -0.4 is 5.73 Å². The molecule has 8 heteroatoms. The molecule has 0 spiro atoms. The molecule has 102 valence electrons. The van der Waals surface area contributed by atoms with Crippen molar-refractivity contribution in [2.24, 2.45) is 5.73 Å². The third kappa shape index (κ3) is 3.71. The van der Waals surface area contributed by atoms with E-state index < -0.39 is 11.7 Å². The first-order valence-corrected chi connectivity index (χ1v) is 6.29. The maximum absolute atomic E-state index is 12.5. The van der Waals surface area contributed by atoms with Crippen molar-refractivity contribution in [1.82, 2.24) is 10.2 Å². The number of rotatable bonds is 4. The van der Waals surface area contributed by atoms with Crippen molar-refractivity contribution in [1.29, 1.82) is 0 Å². The maximum Gasteiger partial charge on any atom is 0.416 e. The van der Waals surface area contributed by atoms with E-state index in [-0.39, 0.29) is 11.8 Å². The summed E-state index contributed by atoms with van der Waals surface area (Å²) in [5, 5.41) is 7.67. The molecule has 0 amide bonds. The van der Waals surface area contributed by atoms with E-state index in [2.05, 4.69) is 10.2 Å². The first kappa shape index (κ1) is 13.9. The maximum atomic E-state index is 12.5. The van der Waals surface area contributed by atoms with E-state index in [1.54, 1.807) is 6.07 Å². The minimum Gasteiger partial charge on any atom is -0.415 e. The summed E-state index contributed by atoms with van der Waals surface area (Å²) < 4.78 is 42.7. The van der Waals surface area contributed by atoms with Crippen molar-refractivity contribution in [3.8, 4) is 0 Å². The SMILES string of the molecule is NCc1nnc(SCc2cccc(C(F)(F)F)c2)o1. The summed E-state index contributed by atoms with van der Waals surface area (Å²) in [6.07, 6.45) is -4.34. The van der Waals surface area contributed by atoms with Crippen LogP contribution in [0.25, 0.3) is 0 Å². The Bertz CT molecular complexity index is 556. The average Bonchev–Trinajstić information content (AvgIpc) is 2.84. The zero-order valence-corrected chi connectivity index (χ0v) is 10.5. The first-order chi connectivity index (χ1) is 8.99. The Balaban J connectivity index is 2.03. The smallest absolute Gasteiger partial charge is 0.415 e. The van der Waals surface area contributed by atoms with Crippen LogP contribution in [-0.4, -0.2) is 10.2 Å². The monoisotopic (exact) mass is 289 g/mol. The van der Waals surface area contributed by atoms with Crippen molar-refractivity contribution in [2.75, 3.05) is 0 Å². The van der Waals surface area contributed by atoms with Crippen LogP contribution >= 0.6 is 11.8 Å². The molecular formula is C11H10F3N3OS. The van der Waals surface area contributed by atoms with E-state index >= 15 is 0 Å². The predicted molar refractivity (Wildman–Crippen MR) is 63.2 cm³/mol. The molecule has 0 radical (unpaired) electrons. The molecule has 0 bridgehead atoms. The lowest BCUT2D eigenvalue weighted by molar-refractivity contribution is -0.137. The Morgan fingerprint density at radius 2 is 2.05 bits per heavy atom. The molecule has 19 heavy (non-hydrogen) atoms. The number of benzene rings is 1. The second-order valence-electron chi connectivity index (χ2n) is 3.65. The summed E-state index contributed by atoms with van der Waals surface area (Å²) in [5.41, 5.74) is 5.17.